The van der Waals surface area contributed by atoms with Gasteiger partial charge in [0.2, 0.25) is 5.91 Å². The largest absolute Gasteiger partial charge is 0.355 e. The molecule has 19 heavy (non-hydrogen) atoms. The van der Waals surface area contributed by atoms with Gasteiger partial charge in [-0.3, -0.25) is 4.79 Å². The highest BCUT2D eigenvalue weighted by molar-refractivity contribution is 5.75. The van der Waals surface area contributed by atoms with E-state index in [-0.39, 0.29) is 5.91 Å². The van der Waals surface area contributed by atoms with E-state index in [1.54, 1.807) is 6.33 Å². The van der Waals surface area contributed by atoms with Crippen molar-refractivity contribution in [2.45, 2.75) is 46.7 Å². The normalized spacial score (nSPS) is 10.9. The number of nitrogens with zero attached hydrogens (tertiary/aromatic N) is 2. The van der Waals surface area contributed by atoms with E-state index in [4.69, 9.17) is 0 Å². The molecule has 0 aromatic carbocycles. The molecule has 1 amide bonds. The van der Waals surface area contributed by atoms with Crippen molar-refractivity contribution in [3.63, 3.8) is 0 Å². The molecule has 0 aliphatic heterocycles. The van der Waals surface area contributed by atoms with Crippen LogP contribution in [0.1, 0.15) is 39.3 Å². The Bertz CT molecular complexity index is 373. The molecule has 0 bridgehead atoms. The molecule has 5 nitrogen and oxygen atoms in total. The van der Waals surface area contributed by atoms with Crippen molar-refractivity contribution in [3.05, 3.63) is 18.2 Å². The van der Waals surface area contributed by atoms with Crippen LogP contribution in [0.4, 0.5) is 0 Å². The molecule has 0 aliphatic carbocycles. The lowest BCUT2D eigenvalue weighted by molar-refractivity contribution is -0.121. The van der Waals surface area contributed by atoms with E-state index < -0.39 is 0 Å². The highest BCUT2D eigenvalue weighted by Crippen LogP contribution is 1.98. The fourth-order valence-corrected chi connectivity index (χ4v) is 1.70. The predicted molar refractivity (Wildman–Crippen MR) is 76.7 cm³/mol. The average Bonchev–Trinajstić information content (AvgIpc) is 2.76. The summed E-state index contributed by atoms with van der Waals surface area (Å²) in [4.78, 5) is 16.0. The third kappa shape index (κ3) is 6.96. The Morgan fingerprint density at radius 3 is 2.89 bits per heavy atom. The van der Waals surface area contributed by atoms with Gasteiger partial charge in [0.1, 0.15) is 6.54 Å². The number of hydrogen-bond donors (Lipinski definition) is 2. The maximum absolute atomic E-state index is 11.7. The van der Waals surface area contributed by atoms with Crippen LogP contribution < -0.4 is 10.6 Å². The third-order valence-corrected chi connectivity index (χ3v) is 2.79. The Balaban J connectivity index is 2.26. The van der Waals surface area contributed by atoms with Crippen molar-refractivity contribution in [2.24, 2.45) is 5.92 Å². The summed E-state index contributed by atoms with van der Waals surface area (Å²) in [6.45, 7) is 9.27. The lowest BCUT2D eigenvalue weighted by Crippen LogP contribution is -2.28. The molecule has 1 aromatic heterocycles. The van der Waals surface area contributed by atoms with Crippen LogP contribution in [0.25, 0.3) is 0 Å². The summed E-state index contributed by atoms with van der Waals surface area (Å²) >= 11 is 0. The van der Waals surface area contributed by atoms with Gasteiger partial charge in [-0.1, -0.05) is 20.8 Å². The molecule has 5 heteroatoms. The van der Waals surface area contributed by atoms with Crippen LogP contribution in [0.2, 0.25) is 0 Å². The molecule has 0 spiro atoms. The fraction of sp³-hybridized carbons (Fsp3) is 0.714. The highest BCUT2D eigenvalue weighted by Gasteiger charge is 2.04. The van der Waals surface area contributed by atoms with E-state index in [1.165, 1.54) is 0 Å². The van der Waals surface area contributed by atoms with Gasteiger partial charge in [0.05, 0.1) is 12.0 Å². The van der Waals surface area contributed by atoms with Crippen molar-refractivity contribution < 1.29 is 4.79 Å². The zero-order valence-electron chi connectivity index (χ0n) is 12.3. The summed E-state index contributed by atoms with van der Waals surface area (Å²) in [5.74, 6) is 0.663. The van der Waals surface area contributed by atoms with Crippen molar-refractivity contribution in [2.75, 3.05) is 13.1 Å². The Morgan fingerprint density at radius 1 is 1.42 bits per heavy atom. The van der Waals surface area contributed by atoms with Gasteiger partial charge in [0.15, 0.2) is 0 Å². The molecule has 0 unspecified atom stereocenters. The van der Waals surface area contributed by atoms with Gasteiger partial charge in [-0.25, -0.2) is 4.98 Å². The van der Waals surface area contributed by atoms with Crippen molar-refractivity contribution in [3.8, 4) is 0 Å². The number of carbonyl (C=O) groups excluding carboxylic acids is 1. The topological polar surface area (TPSA) is 59.0 Å². The highest BCUT2D eigenvalue weighted by atomic mass is 16.1. The first-order chi connectivity index (χ1) is 9.11. The van der Waals surface area contributed by atoms with E-state index in [1.807, 2.05) is 10.8 Å². The number of hydrogen-bond acceptors (Lipinski definition) is 3. The van der Waals surface area contributed by atoms with Gasteiger partial charge in [0, 0.05) is 19.3 Å². The van der Waals surface area contributed by atoms with Crippen LogP contribution in [0.15, 0.2) is 12.5 Å². The lowest BCUT2D eigenvalue weighted by Gasteiger charge is -2.07. The molecule has 0 saturated heterocycles. The Morgan fingerprint density at radius 2 is 2.21 bits per heavy atom. The first-order valence-corrected chi connectivity index (χ1v) is 7.10. The molecule has 0 radical (unpaired) electrons. The standard InChI is InChI=1S/C14H26N4O/c1-4-6-15-8-13-9-18(11-17-13)10-14(19)16-7-5-12(2)3/h9,11-12,15H,4-8,10H2,1-3H3,(H,16,19). The molecule has 0 saturated carbocycles. The van der Waals surface area contributed by atoms with Gasteiger partial charge < -0.3 is 15.2 Å². The second-order valence-electron chi connectivity index (χ2n) is 5.25. The zero-order valence-corrected chi connectivity index (χ0v) is 12.3. The van der Waals surface area contributed by atoms with Gasteiger partial charge in [-0.2, -0.15) is 0 Å². The van der Waals surface area contributed by atoms with Crippen molar-refractivity contribution in [1.82, 2.24) is 20.2 Å². The number of imidazole rings is 1. The predicted octanol–water partition coefficient (Wildman–Crippen LogP) is 1.54. The maximum atomic E-state index is 11.7. The molecule has 0 fully saturated rings. The van der Waals surface area contributed by atoms with Crippen molar-refractivity contribution in [1.29, 1.82) is 0 Å². The summed E-state index contributed by atoms with van der Waals surface area (Å²) in [5, 5.41) is 6.21. The second-order valence-corrected chi connectivity index (χ2v) is 5.25. The molecule has 0 aliphatic rings. The van der Waals surface area contributed by atoms with Crippen LogP contribution in [0.3, 0.4) is 0 Å². The van der Waals surface area contributed by atoms with E-state index in [0.29, 0.717) is 12.5 Å². The van der Waals surface area contributed by atoms with Crippen LogP contribution in [-0.2, 0) is 17.9 Å². The number of aromatic nitrogens is 2. The van der Waals surface area contributed by atoms with Crippen LogP contribution in [0.5, 0.6) is 0 Å². The molecular weight excluding hydrogens is 240 g/mol. The first-order valence-electron chi connectivity index (χ1n) is 7.10. The van der Waals surface area contributed by atoms with Gasteiger partial charge in [-0.05, 0) is 25.3 Å². The van der Waals surface area contributed by atoms with Gasteiger partial charge in [0.25, 0.3) is 0 Å². The smallest absolute Gasteiger partial charge is 0.239 e. The summed E-state index contributed by atoms with van der Waals surface area (Å²) in [6, 6.07) is 0. The van der Waals surface area contributed by atoms with Crippen LogP contribution in [-0.4, -0.2) is 28.5 Å². The summed E-state index contributed by atoms with van der Waals surface area (Å²) in [5.41, 5.74) is 0.975. The molecule has 1 heterocycles. The second kappa shape index (κ2) is 8.69. The van der Waals surface area contributed by atoms with Gasteiger partial charge in [-0.15, -0.1) is 0 Å². The Labute approximate surface area is 115 Å². The molecule has 2 N–H and O–H groups in total. The Hall–Kier alpha value is -1.36. The van der Waals surface area contributed by atoms with Gasteiger partial charge >= 0.3 is 0 Å². The minimum Gasteiger partial charge on any atom is -0.355 e. The molecule has 0 atom stereocenters. The summed E-state index contributed by atoms with van der Waals surface area (Å²) < 4.78 is 1.83. The van der Waals surface area contributed by atoms with Crippen LogP contribution in [0, 0.1) is 5.92 Å². The Kier molecular flexibility index (Phi) is 7.18. The number of nitrogens with one attached hydrogen (secondary N) is 2. The molecule has 1 aromatic rings. The quantitative estimate of drug-likeness (QED) is 0.667. The number of carbonyl (C=O) groups is 1. The minimum atomic E-state index is 0.0473. The molecule has 1 rings (SSSR count). The summed E-state index contributed by atoms with van der Waals surface area (Å²) in [6.07, 6.45) is 5.76. The number of amides is 1. The minimum absolute atomic E-state index is 0.0473. The SMILES string of the molecule is CCCNCc1cn(CC(=O)NCCC(C)C)cn1. The monoisotopic (exact) mass is 266 g/mol. The van der Waals surface area contributed by atoms with E-state index in [2.05, 4.69) is 36.4 Å². The average molecular weight is 266 g/mol. The lowest BCUT2D eigenvalue weighted by atomic mass is 10.1. The third-order valence-electron chi connectivity index (χ3n) is 2.79. The van der Waals surface area contributed by atoms with Crippen molar-refractivity contribution >= 4 is 5.91 Å². The van der Waals surface area contributed by atoms with E-state index >= 15 is 0 Å². The molecule has 108 valence electrons. The zero-order chi connectivity index (χ0) is 14.1. The van der Waals surface area contributed by atoms with E-state index in [0.717, 1.165) is 38.2 Å². The van der Waals surface area contributed by atoms with E-state index in [9.17, 15) is 4.79 Å². The number of rotatable bonds is 9. The molecular formula is C14H26N4O. The summed E-state index contributed by atoms with van der Waals surface area (Å²) in [7, 11) is 0. The fourth-order valence-electron chi connectivity index (χ4n) is 1.70. The maximum Gasteiger partial charge on any atom is 0.239 e. The first kappa shape index (κ1) is 15.7. The van der Waals surface area contributed by atoms with Crippen LogP contribution >= 0.6 is 0 Å².